The fraction of sp³-hybridized carbons (Fsp3) is 0.367. The topological polar surface area (TPSA) is 106 Å². The van der Waals surface area contributed by atoms with Gasteiger partial charge < -0.3 is 9.64 Å². The van der Waals surface area contributed by atoms with Crippen LogP contribution in [0.1, 0.15) is 52.9 Å². The fourth-order valence-electron chi connectivity index (χ4n) is 5.87. The number of piperidine rings is 1. The Hall–Kier alpha value is -3.70. The van der Waals surface area contributed by atoms with E-state index in [1.807, 2.05) is 30.3 Å². The van der Waals surface area contributed by atoms with Crippen molar-refractivity contribution in [2.45, 2.75) is 48.9 Å². The van der Waals surface area contributed by atoms with Gasteiger partial charge in [-0.15, -0.1) is 0 Å². The third-order valence-electron chi connectivity index (χ3n) is 7.85. The normalized spacial score (nSPS) is 21.9. The number of hydrogen-bond donors (Lipinski definition) is 0. The second-order valence-electron chi connectivity index (χ2n) is 10.3. The van der Waals surface area contributed by atoms with Gasteiger partial charge >= 0.3 is 10.8 Å². The summed E-state index contributed by atoms with van der Waals surface area (Å²) >= 11 is 2.25. The smallest absolute Gasteiger partial charge is 0.338 e. The van der Waals surface area contributed by atoms with Gasteiger partial charge in [0.2, 0.25) is 17.7 Å². The molecule has 3 aromatic rings. The van der Waals surface area contributed by atoms with E-state index in [9.17, 15) is 24.0 Å². The van der Waals surface area contributed by atoms with Gasteiger partial charge in [0.25, 0.3) is 0 Å². The monoisotopic (exact) mass is 591 g/mol. The van der Waals surface area contributed by atoms with Crippen LogP contribution in [-0.4, -0.2) is 58.1 Å². The minimum atomic E-state index is -0.768. The molecule has 0 spiro atoms. The first-order chi connectivity index (χ1) is 19.9. The van der Waals surface area contributed by atoms with Crippen molar-refractivity contribution in [2.75, 3.05) is 24.6 Å². The predicted octanol–water partition coefficient (Wildman–Crippen LogP) is 3.89. The molecule has 2 fully saturated rings. The molecule has 0 bridgehead atoms. The van der Waals surface area contributed by atoms with Gasteiger partial charge in [-0.25, -0.2) is 9.69 Å². The summed E-state index contributed by atoms with van der Waals surface area (Å²) in [5, 5.41) is -0.184. The first-order valence-electron chi connectivity index (χ1n) is 13.8. The highest BCUT2D eigenvalue weighted by Gasteiger charge is 2.56. The highest BCUT2D eigenvalue weighted by molar-refractivity contribution is 8.00. The van der Waals surface area contributed by atoms with Crippen molar-refractivity contribution < 1.29 is 23.9 Å². The van der Waals surface area contributed by atoms with Crippen molar-refractivity contribution in [3.8, 4) is 0 Å². The molecule has 4 heterocycles. The number of carbonyl (C=O) groups excluding carboxylic acids is 4. The van der Waals surface area contributed by atoms with E-state index in [0.29, 0.717) is 34.2 Å². The van der Waals surface area contributed by atoms with Crippen LogP contribution in [-0.2, 0) is 25.7 Å². The molecule has 6 rings (SSSR count). The summed E-state index contributed by atoms with van der Waals surface area (Å²) in [5.41, 5.74) is 1.53. The third kappa shape index (κ3) is 4.91. The zero-order valence-corrected chi connectivity index (χ0v) is 24.1. The van der Waals surface area contributed by atoms with Crippen LogP contribution in [0.15, 0.2) is 64.4 Å². The molecule has 2 aromatic carbocycles. The minimum absolute atomic E-state index is 0.0856. The number of likely N-dealkylation sites (tertiary alicyclic amines) is 1. The van der Waals surface area contributed by atoms with E-state index in [1.54, 1.807) is 36.1 Å². The summed E-state index contributed by atoms with van der Waals surface area (Å²) in [6.45, 7) is 3.24. The van der Waals surface area contributed by atoms with Crippen molar-refractivity contribution in [1.82, 2.24) is 9.47 Å². The number of amides is 3. The molecule has 0 N–H and O–H groups in total. The number of esters is 1. The molecular formula is C30H29N3O6S2. The molecule has 2 saturated heterocycles. The van der Waals surface area contributed by atoms with Crippen molar-refractivity contribution >= 4 is 52.5 Å². The number of aromatic nitrogens is 1. The molecule has 3 amide bonds. The molecule has 9 nitrogen and oxygen atoms in total. The maximum Gasteiger partial charge on any atom is 0.338 e. The molecule has 3 atom stereocenters. The number of fused-ring (bicyclic) bond motifs is 2. The maximum absolute atomic E-state index is 14.0. The van der Waals surface area contributed by atoms with Gasteiger partial charge in [0.05, 0.1) is 28.8 Å². The molecule has 2 unspecified atom stereocenters. The average Bonchev–Trinajstić information content (AvgIpc) is 3.44. The van der Waals surface area contributed by atoms with Crippen molar-refractivity contribution in [3.05, 3.63) is 80.3 Å². The summed E-state index contributed by atoms with van der Waals surface area (Å²) < 4.78 is 6.53. The molecule has 0 saturated carbocycles. The summed E-state index contributed by atoms with van der Waals surface area (Å²) in [5.74, 6) is -2.56. The van der Waals surface area contributed by atoms with E-state index in [2.05, 4.69) is 0 Å². The van der Waals surface area contributed by atoms with Gasteiger partial charge in [0.1, 0.15) is 11.8 Å². The van der Waals surface area contributed by atoms with Crippen molar-refractivity contribution in [1.29, 1.82) is 0 Å². The predicted molar refractivity (Wildman–Crippen MR) is 155 cm³/mol. The lowest BCUT2D eigenvalue weighted by molar-refractivity contribution is -0.133. The Morgan fingerprint density at radius 2 is 1.63 bits per heavy atom. The van der Waals surface area contributed by atoms with Gasteiger partial charge in [0, 0.05) is 23.9 Å². The molecule has 1 aromatic heterocycles. The molecule has 0 aliphatic carbocycles. The van der Waals surface area contributed by atoms with Crippen LogP contribution >= 0.6 is 23.1 Å². The van der Waals surface area contributed by atoms with Crippen LogP contribution < -0.4 is 9.77 Å². The Labute approximate surface area is 245 Å². The van der Waals surface area contributed by atoms with E-state index in [-0.39, 0.29) is 35.7 Å². The fourth-order valence-corrected chi connectivity index (χ4v) is 8.64. The van der Waals surface area contributed by atoms with Crippen LogP contribution in [0.25, 0.3) is 0 Å². The summed E-state index contributed by atoms with van der Waals surface area (Å²) in [6, 6.07) is 15.7. The first-order valence-corrected chi connectivity index (χ1v) is 15.5. The van der Waals surface area contributed by atoms with E-state index < -0.39 is 23.1 Å². The average molecular weight is 592 g/mol. The number of carbonyl (C=O) groups is 4. The SMILES string of the molecule is CCOC(=O)c1ccc(N2C(=O)C3Sc4c(sc(=O)n4CC(=O)N4CCCCC4)[C@@H](c4ccccc4)C3C2=O)cc1. The van der Waals surface area contributed by atoms with Crippen LogP contribution in [0.4, 0.5) is 5.69 Å². The van der Waals surface area contributed by atoms with Crippen molar-refractivity contribution in [2.24, 2.45) is 5.92 Å². The quantitative estimate of drug-likeness (QED) is 0.316. The van der Waals surface area contributed by atoms with Crippen LogP contribution in [0.5, 0.6) is 0 Å². The van der Waals surface area contributed by atoms with E-state index in [4.69, 9.17) is 4.74 Å². The van der Waals surface area contributed by atoms with Gasteiger partial charge in [-0.2, -0.15) is 0 Å². The number of rotatable bonds is 6. The summed E-state index contributed by atoms with van der Waals surface area (Å²) in [6.07, 6.45) is 2.99. The Kier molecular flexibility index (Phi) is 7.56. The van der Waals surface area contributed by atoms with Gasteiger partial charge in [-0.05, 0) is 56.0 Å². The number of anilines is 1. The largest absolute Gasteiger partial charge is 0.462 e. The van der Waals surface area contributed by atoms with E-state index >= 15 is 0 Å². The molecule has 11 heteroatoms. The molecule has 41 heavy (non-hydrogen) atoms. The van der Waals surface area contributed by atoms with E-state index in [0.717, 1.165) is 36.2 Å². The molecule has 3 aliphatic rings. The lowest BCUT2D eigenvalue weighted by Crippen LogP contribution is -2.39. The highest BCUT2D eigenvalue weighted by Crippen LogP contribution is 2.53. The van der Waals surface area contributed by atoms with Crippen molar-refractivity contribution in [3.63, 3.8) is 0 Å². The minimum Gasteiger partial charge on any atom is -0.462 e. The number of benzene rings is 2. The number of ether oxygens (including phenoxy) is 1. The first kappa shape index (κ1) is 27.5. The zero-order chi connectivity index (χ0) is 28.7. The maximum atomic E-state index is 14.0. The van der Waals surface area contributed by atoms with Crippen LogP contribution in [0.3, 0.4) is 0 Å². The number of hydrogen-bond acceptors (Lipinski definition) is 8. The molecule has 0 radical (unpaired) electrons. The Bertz CT molecular complexity index is 1560. The second kappa shape index (κ2) is 11.3. The Balaban J connectivity index is 1.37. The standard InChI is InChI=1S/C30H29N3O6S2/c1-2-39-29(37)19-11-13-20(14-12-19)33-26(35)23-22(18-9-5-3-6-10-18)25-28(40-24(23)27(33)36)32(30(38)41-25)17-21(34)31-15-7-4-8-16-31/h3,5-6,9-14,22-24H,2,4,7-8,15-17H2,1H3/t22-,23?,24?/m0/s1. The Morgan fingerprint density at radius 1 is 0.927 bits per heavy atom. The van der Waals surface area contributed by atoms with Gasteiger partial charge in [0.15, 0.2) is 0 Å². The number of thiazole rings is 1. The highest BCUT2D eigenvalue weighted by atomic mass is 32.2. The van der Waals surface area contributed by atoms with Gasteiger partial charge in [-0.3, -0.25) is 23.7 Å². The third-order valence-corrected chi connectivity index (χ3v) is 10.5. The zero-order valence-electron chi connectivity index (χ0n) is 22.5. The lowest BCUT2D eigenvalue weighted by atomic mass is 9.83. The van der Waals surface area contributed by atoms with Crippen LogP contribution in [0, 0.1) is 5.92 Å². The molecular weight excluding hydrogens is 562 g/mol. The second-order valence-corrected chi connectivity index (χ2v) is 12.4. The number of thioether (sulfide) groups is 1. The summed E-state index contributed by atoms with van der Waals surface area (Å²) in [7, 11) is 0. The lowest BCUT2D eigenvalue weighted by Gasteiger charge is -2.31. The molecule has 3 aliphatic heterocycles. The van der Waals surface area contributed by atoms with E-state index in [1.165, 1.54) is 21.2 Å². The Morgan fingerprint density at radius 3 is 2.32 bits per heavy atom. The number of nitrogens with zero attached hydrogens (tertiary/aromatic N) is 3. The summed E-state index contributed by atoms with van der Waals surface area (Å²) in [4.78, 5) is 69.9. The molecule has 212 valence electrons. The van der Waals surface area contributed by atoms with Crippen LogP contribution in [0.2, 0.25) is 0 Å². The van der Waals surface area contributed by atoms with Gasteiger partial charge in [-0.1, -0.05) is 53.4 Å². The number of imide groups is 1.